The molecule has 0 radical (unpaired) electrons. The maximum absolute atomic E-state index is 6.26. The molecule has 1 heterocycles. The largest absolute Gasteiger partial charge is 0.357 e. The van der Waals surface area contributed by atoms with Gasteiger partial charge in [0.1, 0.15) is 5.02 Å². The highest BCUT2D eigenvalue weighted by molar-refractivity contribution is 6.32. The van der Waals surface area contributed by atoms with Gasteiger partial charge in [-0.05, 0) is 37.5 Å². The van der Waals surface area contributed by atoms with Crippen LogP contribution >= 0.6 is 11.6 Å². The third kappa shape index (κ3) is 2.86. The molecule has 2 aliphatic rings. The smallest absolute Gasteiger partial charge is 0.224 e. The number of halogens is 1. The molecular weight excluding hydrogens is 248 g/mol. The first kappa shape index (κ1) is 12.0. The van der Waals surface area contributed by atoms with Gasteiger partial charge in [0.2, 0.25) is 5.95 Å². The first-order valence-electron chi connectivity index (χ1n) is 6.71. The van der Waals surface area contributed by atoms with Crippen molar-refractivity contribution in [3.63, 3.8) is 0 Å². The molecule has 4 nitrogen and oxygen atoms in total. The number of anilines is 2. The molecule has 5 heteroatoms. The van der Waals surface area contributed by atoms with Crippen molar-refractivity contribution in [1.82, 2.24) is 9.97 Å². The van der Waals surface area contributed by atoms with E-state index in [0.29, 0.717) is 11.0 Å². The first-order chi connectivity index (χ1) is 8.76. The van der Waals surface area contributed by atoms with Gasteiger partial charge in [-0.3, -0.25) is 0 Å². The van der Waals surface area contributed by atoms with E-state index in [9.17, 15) is 0 Å². The normalized spacial score (nSPS) is 18.8. The molecule has 0 atom stereocenters. The van der Waals surface area contributed by atoms with Gasteiger partial charge in [-0.15, -0.1) is 0 Å². The number of nitrogens with one attached hydrogen (secondary N) is 1. The second-order valence-electron chi connectivity index (χ2n) is 5.41. The van der Waals surface area contributed by atoms with Gasteiger partial charge in [0.25, 0.3) is 0 Å². The van der Waals surface area contributed by atoms with Crippen molar-refractivity contribution in [2.45, 2.75) is 25.7 Å². The minimum atomic E-state index is 0.644. The van der Waals surface area contributed by atoms with Crippen LogP contribution in [0.3, 0.4) is 0 Å². The molecule has 2 saturated carbocycles. The quantitative estimate of drug-likeness (QED) is 0.860. The summed E-state index contributed by atoms with van der Waals surface area (Å²) in [5.74, 6) is 3.22. The maximum atomic E-state index is 6.26. The minimum Gasteiger partial charge on any atom is -0.357 e. The van der Waals surface area contributed by atoms with Gasteiger partial charge in [-0.25, -0.2) is 4.98 Å². The van der Waals surface area contributed by atoms with Gasteiger partial charge >= 0.3 is 0 Å². The second kappa shape index (κ2) is 4.92. The van der Waals surface area contributed by atoms with Crippen molar-refractivity contribution in [2.75, 3.05) is 30.4 Å². The van der Waals surface area contributed by atoms with Crippen LogP contribution in [0, 0.1) is 11.8 Å². The van der Waals surface area contributed by atoms with Crippen LogP contribution in [0.25, 0.3) is 0 Å². The van der Waals surface area contributed by atoms with E-state index in [2.05, 4.69) is 20.2 Å². The zero-order valence-electron chi connectivity index (χ0n) is 10.7. The van der Waals surface area contributed by atoms with Crippen LogP contribution in [0.2, 0.25) is 5.02 Å². The van der Waals surface area contributed by atoms with Gasteiger partial charge in [0, 0.05) is 20.1 Å². The molecule has 2 aliphatic carbocycles. The Morgan fingerprint density at radius 2 is 1.89 bits per heavy atom. The molecule has 18 heavy (non-hydrogen) atoms. The standard InChI is InChI=1S/C13H19ClN4/c1-15-13-16-6-11(14)12(17-13)18(7-9-2-3-9)8-10-4-5-10/h6,9-10H,2-5,7-8H2,1H3,(H,15,16,17). The maximum Gasteiger partial charge on any atom is 0.224 e. The molecule has 1 aromatic heterocycles. The first-order valence-corrected chi connectivity index (χ1v) is 7.09. The van der Waals surface area contributed by atoms with Crippen molar-refractivity contribution in [1.29, 1.82) is 0 Å². The molecule has 2 fully saturated rings. The summed E-state index contributed by atoms with van der Waals surface area (Å²) in [6, 6.07) is 0. The molecule has 0 amide bonds. The van der Waals surface area contributed by atoms with Gasteiger partial charge in [0.05, 0.1) is 6.20 Å². The van der Waals surface area contributed by atoms with Crippen LogP contribution in [-0.2, 0) is 0 Å². The fourth-order valence-corrected chi connectivity index (χ4v) is 2.38. The monoisotopic (exact) mass is 266 g/mol. The average Bonchev–Trinajstić information content (AvgIpc) is 3.24. The van der Waals surface area contributed by atoms with E-state index in [1.54, 1.807) is 6.20 Å². The molecule has 1 aromatic rings. The fourth-order valence-electron chi connectivity index (χ4n) is 2.17. The fraction of sp³-hybridized carbons (Fsp3) is 0.692. The summed E-state index contributed by atoms with van der Waals surface area (Å²) in [5.41, 5.74) is 0. The third-order valence-electron chi connectivity index (χ3n) is 3.60. The Bertz CT molecular complexity index is 415. The van der Waals surface area contributed by atoms with Crippen molar-refractivity contribution < 1.29 is 0 Å². The Labute approximate surface area is 113 Å². The van der Waals surface area contributed by atoms with E-state index in [1.165, 1.54) is 25.7 Å². The van der Waals surface area contributed by atoms with Crippen molar-refractivity contribution >= 4 is 23.4 Å². The van der Waals surface area contributed by atoms with Gasteiger partial charge < -0.3 is 10.2 Å². The Morgan fingerprint density at radius 3 is 2.39 bits per heavy atom. The topological polar surface area (TPSA) is 41.1 Å². The van der Waals surface area contributed by atoms with Gasteiger partial charge in [-0.2, -0.15) is 4.98 Å². The van der Waals surface area contributed by atoms with Crippen LogP contribution in [0.4, 0.5) is 11.8 Å². The molecule has 1 N–H and O–H groups in total. The Morgan fingerprint density at radius 1 is 1.28 bits per heavy atom. The van der Waals surface area contributed by atoms with E-state index in [-0.39, 0.29) is 0 Å². The SMILES string of the molecule is CNc1ncc(Cl)c(N(CC2CC2)CC2CC2)n1. The highest BCUT2D eigenvalue weighted by atomic mass is 35.5. The summed E-state index contributed by atoms with van der Waals surface area (Å²) < 4.78 is 0. The number of hydrogen-bond donors (Lipinski definition) is 1. The van der Waals surface area contributed by atoms with E-state index >= 15 is 0 Å². The zero-order valence-corrected chi connectivity index (χ0v) is 11.5. The number of nitrogens with zero attached hydrogens (tertiary/aromatic N) is 3. The lowest BCUT2D eigenvalue weighted by molar-refractivity contribution is 0.671. The van der Waals surface area contributed by atoms with Crippen LogP contribution < -0.4 is 10.2 Å². The lowest BCUT2D eigenvalue weighted by Gasteiger charge is -2.24. The molecular formula is C13H19ClN4. The van der Waals surface area contributed by atoms with E-state index in [4.69, 9.17) is 11.6 Å². The lowest BCUT2D eigenvalue weighted by Crippen LogP contribution is -2.29. The van der Waals surface area contributed by atoms with E-state index in [0.717, 1.165) is 30.7 Å². The lowest BCUT2D eigenvalue weighted by atomic mass is 10.3. The van der Waals surface area contributed by atoms with Crippen LogP contribution in [0.5, 0.6) is 0 Å². The minimum absolute atomic E-state index is 0.644. The summed E-state index contributed by atoms with van der Waals surface area (Å²) in [4.78, 5) is 11.0. The summed E-state index contributed by atoms with van der Waals surface area (Å²) in [7, 11) is 1.83. The van der Waals surface area contributed by atoms with Gasteiger partial charge in [0.15, 0.2) is 5.82 Å². The number of hydrogen-bond acceptors (Lipinski definition) is 4. The van der Waals surface area contributed by atoms with Crippen molar-refractivity contribution in [3.05, 3.63) is 11.2 Å². The van der Waals surface area contributed by atoms with Crippen LogP contribution in [-0.4, -0.2) is 30.1 Å². The van der Waals surface area contributed by atoms with Crippen LogP contribution in [0.1, 0.15) is 25.7 Å². The number of aromatic nitrogens is 2. The molecule has 0 aliphatic heterocycles. The predicted molar refractivity (Wildman–Crippen MR) is 74.2 cm³/mol. The van der Waals surface area contributed by atoms with Crippen LogP contribution in [0.15, 0.2) is 6.20 Å². The Kier molecular flexibility index (Phi) is 3.29. The highest BCUT2D eigenvalue weighted by Gasteiger charge is 2.30. The highest BCUT2D eigenvalue weighted by Crippen LogP contribution is 2.37. The summed E-state index contributed by atoms with van der Waals surface area (Å²) in [6.45, 7) is 2.19. The molecule has 0 aromatic carbocycles. The molecule has 0 saturated heterocycles. The number of rotatable bonds is 6. The molecule has 0 unspecified atom stereocenters. The van der Waals surface area contributed by atoms with E-state index < -0.39 is 0 Å². The third-order valence-corrected chi connectivity index (χ3v) is 3.87. The summed E-state index contributed by atoms with van der Waals surface area (Å²) in [5, 5.41) is 3.64. The average molecular weight is 267 g/mol. The zero-order chi connectivity index (χ0) is 12.5. The van der Waals surface area contributed by atoms with Gasteiger partial charge in [-0.1, -0.05) is 11.6 Å². The predicted octanol–water partition coefficient (Wildman–Crippen LogP) is 2.80. The second-order valence-corrected chi connectivity index (χ2v) is 5.81. The Balaban J connectivity index is 1.81. The Hall–Kier alpha value is -1.03. The van der Waals surface area contributed by atoms with Crippen molar-refractivity contribution in [3.8, 4) is 0 Å². The van der Waals surface area contributed by atoms with E-state index in [1.807, 2.05) is 7.05 Å². The summed E-state index contributed by atoms with van der Waals surface area (Å²) >= 11 is 6.26. The summed E-state index contributed by atoms with van der Waals surface area (Å²) in [6.07, 6.45) is 7.10. The molecule has 0 spiro atoms. The molecule has 0 bridgehead atoms. The molecule has 3 rings (SSSR count). The van der Waals surface area contributed by atoms with Crippen molar-refractivity contribution in [2.24, 2.45) is 11.8 Å². The molecule has 98 valence electrons.